The second-order valence-electron chi connectivity index (χ2n) is 6.69. The Hall–Kier alpha value is -2.03. The number of hydrogen-bond acceptors (Lipinski definition) is 2. The van der Waals surface area contributed by atoms with Gasteiger partial charge in [0.05, 0.1) is 6.26 Å². The highest BCUT2D eigenvalue weighted by molar-refractivity contribution is 5.76. The van der Waals surface area contributed by atoms with E-state index in [1.807, 2.05) is 12.1 Å². The van der Waals surface area contributed by atoms with Crippen molar-refractivity contribution in [2.75, 3.05) is 6.54 Å². The van der Waals surface area contributed by atoms with Crippen LogP contribution in [0.3, 0.4) is 0 Å². The summed E-state index contributed by atoms with van der Waals surface area (Å²) in [6.45, 7) is 0.924. The van der Waals surface area contributed by atoms with Crippen LogP contribution in [0.5, 0.6) is 0 Å². The largest absolute Gasteiger partial charge is 0.469 e. The van der Waals surface area contributed by atoms with E-state index in [2.05, 4.69) is 35.2 Å². The summed E-state index contributed by atoms with van der Waals surface area (Å²) in [6, 6.07) is 14.9. The lowest BCUT2D eigenvalue weighted by atomic mass is 9.95. The van der Waals surface area contributed by atoms with Crippen molar-refractivity contribution in [2.45, 2.75) is 57.4 Å². The summed E-state index contributed by atoms with van der Waals surface area (Å²) in [7, 11) is 0. The van der Waals surface area contributed by atoms with Crippen LogP contribution in [-0.4, -0.2) is 23.4 Å². The topological polar surface area (TPSA) is 33.5 Å². The van der Waals surface area contributed by atoms with Gasteiger partial charge in [0, 0.05) is 25.4 Å². The Bertz CT molecular complexity index is 606. The molecule has 128 valence electrons. The average molecular weight is 325 g/mol. The van der Waals surface area contributed by atoms with Crippen molar-refractivity contribution >= 4 is 5.91 Å². The van der Waals surface area contributed by atoms with Gasteiger partial charge >= 0.3 is 0 Å². The quantitative estimate of drug-likeness (QED) is 0.744. The number of aryl methyl sites for hydroxylation is 2. The maximum atomic E-state index is 12.6. The van der Waals surface area contributed by atoms with E-state index >= 15 is 0 Å². The monoisotopic (exact) mass is 325 g/mol. The number of likely N-dealkylation sites (tertiary alicyclic amines) is 1. The number of nitrogens with zero attached hydrogens (tertiary/aromatic N) is 1. The van der Waals surface area contributed by atoms with Crippen molar-refractivity contribution in [3.05, 3.63) is 60.1 Å². The molecule has 1 aromatic heterocycles. The summed E-state index contributed by atoms with van der Waals surface area (Å²) in [5.74, 6) is 1.19. The molecule has 1 aliphatic rings. The molecule has 0 bridgehead atoms. The number of hydrogen-bond donors (Lipinski definition) is 0. The van der Waals surface area contributed by atoms with Crippen molar-refractivity contribution in [3.8, 4) is 0 Å². The summed E-state index contributed by atoms with van der Waals surface area (Å²) in [4.78, 5) is 14.8. The fraction of sp³-hybridized carbons (Fsp3) is 0.476. The van der Waals surface area contributed by atoms with Gasteiger partial charge in [0.1, 0.15) is 5.76 Å². The third-order valence-electron chi connectivity index (χ3n) is 4.96. The van der Waals surface area contributed by atoms with E-state index in [0.717, 1.165) is 44.4 Å². The van der Waals surface area contributed by atoms with E-state index < -0.39 is 0 Å². The third kappa shape index (κ3) is 4.73. The highest BCUT2D eigenvalue weighted by Crippen LogP contribution is 2.23. The number of piperidine rings is 1. The molecule has 2 heterocycles. The second kappa shape index (κ2) is 8.72. The lowest BCUT2D eigenvalue weighted by Crippen LogP contribution is -2.43. The van der Waals surface area contributed by atoms with Crippen LogP contribution >= 0.6 is 0 Å². The Morgan fingerprint density at radius 3 is 2.75 bits per heavy atom. The van der Waals surface area contributed by atoms with Crippen LogP contribution in [0.1, 0.15) is 49.8 Å². The molecule has 0 spiro atoms. The maximum Gasteiger partial charge on any atom is 0.223 e. The van der Waals surface area contributed by atoms with Gasteiger partial charge in [-0.25, -0.2) is 0 Å². The Balaban J connectivity index is 1.48. The molecule has 1 aliphatic heterocycles. The van der Waals surface area contributed by atoms with Crippen LogP contribution in [0.15, 0.2) is 53.1 Å². The summed E-state index contributed by atoms with van der Waals surface area (Å²) in [5.41, 5.74) is 1.39. The van der Waals surface area contributed by atoms with E-state index in [4.69, 9.17) is 4.42 Å². The van der Waals surface area contributed by atoms with Crippen LogP contribution in [0.2, 0.25) is 0 Å². The SMILES string of the molecule is O=C(CCc1ccco1)N1CCCC[C@@H]1CCCc1ccccc1. The molecule has 1 aromatic carbocycles. The number of amides is 1. The zero-order valence-electron chi connectivity index (χ0n) is 14.3. The van der Waals surface area contributed by atoms with Crippen LogP contribution in [0, 0.1) is 0 Å². The number of furan rings is 1. The normalized spacial score (nSPS) is 17.8. The molecule has 3 heteroatoms. The molecular formula is C21H27NO2. The lowest BCUT2D eigenvalue weighted by Gasteiger charge is -2.36. The van der Waals surface area contributed by atoms with Crippen molar-refractivity contribution in [1.29, 1.82) is 0 Å². The summed E-state index contributed by atoms with van der Waals surface area (Å²) in [5, 5.41) is 0. The first-order valence-corrected chi connectivity index (χ1v) is 9.19. The van der Waals surface area contributed by atoms with Gasteiger partial charge < -0.3 is 9.32 Å². The van der Waals surface area contributed by atoms with E-state index in [0.29, 0.717) is 18.9 Å². The van der Waals surface area contributed by atoms with Crippen LogP contribution in [0.4, 0.5) is 0 Å². The van der Waals surface area contributed by atoms with E-state index in [1.54, 1.807) is 6.26 Å². The summed E-state index contributed by atoms with van der Waals surface area (Å²) < 4.78 is 5.34. The minimum atomic E-state index is 0.288. The zero-order valence-corrected chi connectivity index (χ0v) is 14.3. The number of rotatable bonds is 7. The predicted octanol–water partition coefficient (Wildman–Crippen LogP) is 4.62. The molecule has 3 nitrogen and oxygen atoms in total. The summed E-state index contributed by atoms with van der Waals surface area (Å²) in [6.07, 6.45) is 9.85. The minimum absolute atomic E-state index is 0.288. The first-order valence-electron chi connectivity index (χ1n) is 9.19. The van der Waals surface area contributed by atoms with Crippen LogP contribution in [0.25, 0.3) is 0 Å². The molecule has 0 radical (unpaired) electrons. The summed E-state index contributed by atoms with van der Waals surface area (Å²) >= 11 is 0. The number of carbonyl (C=O) groups is 1. The molecule has 2 aromatic rings. The van der Waals surface area contributed by atoms with E-state index in [9.17, 15) is 4.79 Å². The van der Waals surface area contributed by atoms with Gasteiger partial charge in [-0.15, -0.1) is 0 Å². The molecule has 1 atom stereocenters. The van der Waals surface area contributed by atoms with Crippen LogP contribution in [-0.2, 0) is 17.6 Å². The van der Waals surface area contributed by atoms with Gasteiger partial charge in [0.15, 0.2) is 0 Å². The van der Waals surface area contributed by atoms with E-state index in [1.165, 1.54) is 12.0 Å². The van der Waals surface area contributed by atoms with Gasteiger partial charge in [-0.3, -0.25) is 4.79 Å². The molecule has 0 aliphatic carbocycles. The van der Waals surface area contributed by atoms with Crippen molar-refractivity contribution in [2.24, 2.45) is 0 Å². The predicted molar refractivity (Wildman–Crippen MR) is 95.8 cm³/mol. The Morgan fingerprint density at radius 2 is 1.96 bits per heavy atom. The van der Waals surface area contributed by atoms with Gasteiger partial charge in [-0.2, -0.15) is 0 Å². The zero-order chi connectivity index (χ0) is 16.6. The maximum absolute atomic E-state index is 12.6. The molecule has 3 rings (SSSR count). The smallest absolute Gasteiger partial charge is 0.223 e. The first kappa shape index (κ1) is 16.8. The van der Waals surface area contributed by atoms with Crippen molar-refractivity contribution in [1.82, 2.24) is 4.90 Å². The van der Waals surface area contributed by atoms with Gasteiger partial charge in [-0.1, -0.05) is 30.3 Å². The standard InChI is InChI=1S/C21H27NO2/c23-21(15-14-20-13-7-17-24-20)22-16-5-4-11-19(22)12-6-10-18-8-2-1-3-9-18/h1-3,7-9,13,17,19H,4-6,10-12,14-16H2/t19-/m1/s1. The third-order valence-corrected chi connectivity index (χ3v) is 4.96. The first-order chi connectivity index (χ1) is 11.8. The molecule has 24 heavy (non-hydrogen) atoms. The lowest BCUT2D eigenvalue weighted by molar-refractivity contribution is -0.135. The van der Waals surface area contributed by atoms with Gasteiger partial charge in [0.2, 0.25) is 5.91 Å². The fourth-order valence-corrected chi connectivity index (χ4v) is 3.64. The minimum Gasteiger partial charge on any atom is -0.469 e. The Kier molecular flexibility index (Phi) is 6.11. The van der Waals surface area contributed by atoms with Crippen molar-refractivity contribution < 1.29 is 9.21 Å². The van der Waals surface area contributed by atoms with Crippen molar-refractivity contribution in [3.63, 3.8) is 0 Å². The second-order valence-corrected chi connectivity index (χ2v) is 6.69. The molecule has 1 fully saturated rings. The average Bonchev–Trinajstić information content (AvgIpc) is 3.15. The molecule has 0 saturated carbocycles. The van der Waals surface area contributed by atoms with E-state index in [-0.39, 0.29) is 5.91 Å². The molecular weight excluding hydrogens is 298 g/mol. The number of benzene rings is 1. The molecule has 0 unspecified atom stereocenters. The molecule has 1 saturated heterocycles. The highest BCUT2D eigenvalue weighted by atomic mass is 16.3. The Labute approximate surface area is 144 Å². The molecule has 1 amide bonds. The van der Waals surface area contributed by atoms with Crippen LogP contribution < -0.4 is 0 Å². The fourth-order valence-electron chi connectivity index (χ4n) is 3.64. The highest BCUT2D eigenvalue weighted by Gasteiger charge is 2.26. The van der Waals surface area contributed by atoms with Gasteiger partial charge in [0.25, 0.3) is 0 Å². The number of carbonyl (C=O) groups excluding carboxylic acids is 1. The van der Waals surface area contributed by atoms with Gasteiger partial charge in [-0.05, 0) is 56.2 Å². The molecule has 0 N–H and O–H groups in total. The Morgan fingerprint density at radius 1 is 1.08 bits per heavy atom.